The number of aromatic nitrogens is 2. The third kappa shape index (κ3) is 3.14. The molecule has 0 saturated carbocycles. The summed E-state index contributed by atoms with van der Waals surface area (Å²) in [4.78, 5) is 15.6. The van der Waals surface area contributed by atoms with E-state index in [0.29, 0.717) is 21.9 Å². The van der Waals surface area contributed by atoms with Crippen molar-refractivity contribution in [1.29, 1.82) is 0 Å². The molecule has 0 aliphatic rings. The first kappa shape index (κ1) is 15.7. The van der Waals surface area contributed by atoms with Crippen LogP contribution in [0.1, 0.15) is 27.9 Å². The minimum Gasteiger partial charge on any atom is -0.397 e. The maximum atomic E-state index is 12.3. The highest BCUT2D eigenvalue weighted by Gasteiger charge is 2.19. The van der Waals surface area contributed by atoms with Gasteiger partial charge in [-0.15, -0.1) is 16.4 Å². The van der Waals surface area contributed by atoms with Crippen molar-refractivity contribution in [2.24, 2.45) is 0 Å². The maximum absolute atomic E-state index is 12.3. The average Bonchev–Trinajstić information content (AvgIpc) is 2.80. The number of likely N-dealkylation sites (N-methyl/N-ethyl adjacent to an activating group) is 1. The van der Waals surface area contributed by atoms with Gasteiger partial charge in [0.1, 0.15) is 9.71 Å². The Balaban J connectivity index is 2.20. The molecule has 6 nitrogen and oxygen atoms in total. The number of amides is 1. The Morgan fingerprint density at radius 2 is 2.10 bits per heavy atom. The zero-order valence-corrected chi connectivity index (χ0v) is 13.7. The number of nitrogens with one attached hydrogen (secondary N) is 1. The lowest BCUT2D eigenvalue weighted by Gasteiger charge is -2.13. The molecule has 3 N–H and O–H groups in total. The van der Waals surface area contributed by atoms with Crippen LogP contribution in [-0.4, -0.2) is 47.7 Å². The van der Waals surface area contributed by atoms with Gasteiger partial charge in [-0.3, -0.25) is 4.79 Å². The van der Waals surface area contributed by atoms with E-state index in [2.05, 4.69) is 27.3 Å². The normalized spacial score (nSPS) is 11.3. The quantitative estimate of drug-likeness (QED) is 0.876. The Kier molecular flexibility index (Phi) is 4.74. The number of rotatable bonds is 5. The number of thiophene rings is 1. The number of hydrogen-bond acceptors (Lipinski definition) is 6. The second kappa shape index (κ2) is 6.36. The molecule has 0 saturated heterocycles. The SMILES string of the molecule is CCN(C)CCNC(=O)c1sc2nnc(C)c(C)c2c1N. The summed E-state index contributed by atoms with van der Waals surface area (Å²) in [6.07, 6.45) is 0. The maximum Gasteiger partial charge on any atom is 0.263 e. The summed E-state index contributed by atoms with van der Waals surface area (Å²) in [7, 11) is 2.02. The van der Waals surface area contributed by atoms with Crippen molar-refractivity contribution >= 4 is 33.1 Å². The fraction of sp³-hybridized carbons (Fsp3) is 0.500. The zero-order chi connectivity index (χ0) is 15.6. The van der Waals surface area contributed by atoms with Gasteiger partial charge in [0.2, 0.25) is 0 Å². The lowest BCUT2D eigenvalue weighted by atomic mass is 10.1. The van der Waals surface area contributed by atoms with E-state index in [4.69, 9.17) is 5.73 Å². The van der Waals surface area contributed by atoms with Crippen LogP contribution in [0.4, 0.5) is 5.69 Å². The van der Waals surface area contributed by atoms with Crippen LogP contribution in [0.3, 0.4) is 0 Å². The van der Waals surface area contributed by atoms with E-state index < -0.39 is 0 Å². The molecule has 0 fully saturated rings. The molecule has 0 radical (unpaired) electrons. The number of carbonyl (C=O) groups excluding carboxylic acids is 1. The van der Waals surface area contributed by atoms with Crippen molar-refractivity contribution in [3.05, 3.63) is 16.1 Å². The van der Waals surface area contributed by atoms with E-state index >= 15 is 0 Å². The summed E-state index contributed by atoms with van der Waals surface area (Å²) in [5, 5.41) is 12.0. The molecule has 21 heavy (non-hydrogen) atoms. The summed E-state index contributed by atoms with van der Waals surface area (Å²) in [5.41, 5.74) is 8.47. The molecule has 7 heteroatoms. The van der Waals surface area contributed by atoms with E-state index in [1.54, 1.807) is 0 Å². The zero-order valence-electron chi connectivity index (χ0n) is 12.9. The van der Waals surface area contributed by atoms with Gasteiger partial charge in [-0.05, 0) is 33.0 Å². The lowest BCUT2D eigenvalue weighted by Crippen LogP contribution is -2.32. The largest absolute Gasteiger partial charge is 0.397 e. The van der Waals surface area contributed by atoms with Gasteiger partial charge in [0.15, 0.2) is 0 Å². The minimum absolute atomic E-state index is 0.142. The second-order valence-corrected chi connectivity index (χ2v) is 6.09. The number of nitrogen functional groups attached to an aromatic ring is 1. The number of nitrogens with zero attached hydrogens (tertiary/aromatic N) is 3. The van der Waals surface area contributed by atoms with Crippen molar-refractivity contribution in [2.45, 2.75) is 20.8 Å². The molecule has 2 heterocycles. The highest BCUT2D eigenvalue weighted by Crippen LogP contribution is 2.34. The summed E-state index contributed by atoms with van der Waals surface area (Å²) < 4.78 is 0. The van der Waals surface area contributed by atoms with Crippen molar-refractivity contribution in [3.63, 3.8) is 0 Å². The Morgan fingerprint density at radius 1 is 1.38 bits per heavy atom. The molecule has 2 aromatic heterocycles. The fourth-order valence-electron chi connectivity index (χ4n) is 2.01. The van der Waals surface area contributed by atoms with E-state index in [0.717, 1.165) is 29.7 Å². The Labute approximate surface area is 128 Å². The van der Waals surface area contributed by atoms with E-state index in [1.165, 1.54) is 11.3 Å². The van der Waals surface area contributed by atoms with Crippen LogP contribution in [0.5, 0.6) is 0 Å². The van der Waals surface area contributed by atoms with Crippen LogP contribution < -0.4 is 11.1 Å². The molecular weight excluding hydrogens is 286 g/mol. The van der Waals surface area contributed by atoms with Gasteiger partial charge in [-0.2, -0.15) is 5.10 Å². The Bertz CT molecular complexity index is 667. The monoisotopic (exact) mass is 307 g/mol. The molecular formula is C14H21N5OS. The second-order valence-electron chi connectivity index (χ2n) is 5.09. The lowest BCUT2D eigenvalue weighted by molar-refractivity contribution is 0.0955. The smallest absolute Gasteiger partial charge is 0.263 e. The van der Waals surface area contributed by atoms with E-state index in [1.807, 2.05) is 20.9 Å². The molecule has 0 aliphatic carbocycles. The number of hydrogen-bond donors (Lipinski definition) is 2. The molecule has 0 unspecified atom stereocenters. The Morgan fingerprint density at radius 3 is 2.76 bits per heavy atom. The van der Waals surface area contributed by atoms with Gasteiger partial charge in [0.05, 0.1) is 11.4 Å². The van der Waals surface area contributed by atoms with Crippen LogP contribution in [0.25, 0.3) is 10.2 Å². The van der Waals surface area contributed by atoms with Crippen LogP contribution in [0.15, 0.2) is 0 Å². The summed E-state index contributed by atoms with van der Waals surface area (Å²) in [6, 6.07) is 0. The van der Waals surface area contributed by atoms with Crippen LogP contribution >= 0.6 is 11.3 Å². The minimum atomic E-state index is -0.142. The van der Waals surface area contributed by atoms with Gasteiger partial charge in [0, 0.05) is 18.5 Å². The molecule has 0 atom stereocenters. The number of nitrogens with two attached hydrogens (primary N) is 1. The summed E-state index contributed by atoms with van der Waals surface area (Å²) >= 11 is 1.30. The van der Waals surface area contributed by atoms with Crippen molar-refractivity contribution < 1.29 is 4.79 Å². The third-order valence-electron chi connectivity index (χ3n) is 3.66. The summed E-state index contributed by atoms with van der Waals surface area (Å²) in [5.74, 6) is -0.142. The number of carbonyl (C=O) groups is 1. The predicted octanol–water partition coefficient (Wildman–Crippen LogP) is 1.57. The molecule has 1 amide bonds. The molecule has 2 aromatic rings. The van der Waals surface area contributed by atoms with E-state index in [-0.39, 0.29) is 5.91 Å². The first-order valence-corrected chi connectivity index (χ1v) is 7.76. The molecule has 114 valence electrons. The predicted molar refractivity (Wildman–Crippen MR) is 86.8 cm³/mol. The van der Waals surface area contributed by atoms with Gasteiger partial charge in [-0.1, -0.05) is 6.92 Å². The molecule has 0 bridgehead atoms. The third-order valence-corrected chi connectivity index (χ3v) is 4.75. The van der Waals surface area contributed by atoms with Gasteiger partial charge < -0.3 is 16.0 Å². The van der Waals surface area contributed by atoms with Crippen molar-refractivity contribution in [3.8, 4) is 0 Å². The molecule has 0 spiro atoms. The molecule has 0 aliphatic heterocycles. The number of fused-ring (bicyclic) bond motifs is 1. The van der Waals surface area contributed by atoms with Crippen molar-refractivity contribution in [1.82, 2.24) is 20.4 Å². The van der Waals surface area contributed by atoms with Crippen LogP contribution in [-0.2, 0) is 0 Å². The van der Waals surface area contributed by atoms with Gasteiger partial charge in [-0.25, -0.2) is 0 Å². The van der Waals surface area contributed by atoms with Crippen LogP contribution in [0, 0.1) is 13.8 Å². The number of anilines is 1. The van der Waals surface area contributed by atoms with Gasteiger partial charge >= 0.3 is 0 Å². The molecule has 2 rings (SSSR count). The standard InChI is InChI=1S/C14H21N5OS/c1-5-19(4)7-6-16-13(20)12-11(15)10-8(2)9(3)17-18-14(10)21-12/h5-7,15H2,1-4H3,(H,16,20). The first-order chi connectivity index (χ1) is 9.95. The fourth-order valence-corrected chi connectivity index (χ4v) is 3.02. The topological polar surface area (TPSA) is 84.1 Å². The first-order valence-electron chi connectivity index (χ1n) is 6.94. The molecule has 0 aromatic carbocycles. The highest BCUT2D eigenvalue weighted by atomic mass is 32.1. The summed E-state index contributed by atoms with van der Waals surface area (Å²) in [6.45, 7) is 8.28. The van der Waals surface area contributed by atoms with Gasteiger partial charge in [0.25, 0.3) is 5.91 Å². The van der Waals surface area contributed by atoms with Crippen LogP contribution in [0.2, 0.25) is 0 Å². The van der Waals surface area contributed by atoms with E-state index in [9.17, 15) is 4.79 Å². The number of aryl methyl sites for hydroxylation is 2. The average molecular weight is 307 g/mol. The van der Waals surface area contributed by atoms with Crippen molar-refractivity contribution in [2.75, 3.05) is 32.4 Å². The Hall–Kier alpha value is -1.73. The highest BCUT2D eigenvalue weighted by molar-refractivity contribution is 7.21.